The van der Waals surface area contributed by atoms with Crippen molar-refractivity contribution in [3.63, 3.8) is 0 Å². The molecule has 1 fully saturated rings. The number of benzene rings is 1. The number of hydrogen-bond donors (Lipinski definition) is 0. The van der Waals surface area contributed by atoms with Crippen LogP contribution in [0.4, 0.5) is 14.5 Å². The van der Waals surface area contributed by atoms with Gasteiger partial charge in [0.05, 0.1) is 29.6 Å². The number of alkyl halides is 2. The highest BCUT2D eigenvalue weighted by atomic mass is 32.2. The molecule has 1 amide bonds. The minimum atomic E-state index is -3.27. The number of hydrogen-bond acceptors (Lipinski definition) is 7. The molecular weight excluding hydrogens is 378 g/mol. The molecule has 9 nitrogen and oxygen atoms in total. The van der Waals surface area contributed by atoms with Crippen LogP contribution in [0.15, 0.2) is 12.1 Å². The molecule has 0 bridgehead atoms. The zero-order valence-corrected chi connectivity index (χ0v) is 14.7. The Morgan fingerprint density at radius 2 is 2.04 bits per heavy atom. The smallest absolute Gasteiger partial charge is 0.387 e. The van der Waals surface area contributed by atoms with Gasteiger partial charge >= 0.3 is 6.61 Å². The molecule has 1 atom stereocenters. The molecule has 0 aliphatic carbocycles. The van der Waals surface area contributed by atoms with Gasteiger partial charge in [0.15, 0.2) is 21.3 Å². The van der Waals surface area contributed by atoms with Crippen molar-refractivity contribution in [3.05, 3.63) is 27.8 Å². The van der Waals surface area contributed by atoms with E-state index in [-0.39, 0.29) is 23.7 Å². The Kier molecular flexibility index (Phi) is 5.64. The third-order valence-electron chi connectivity index (χ3n) is 4.00. The Morgan fingerprint density at radius 3 is 2.50 bits per heavy atom. The fraction of sp³-hybridized carbons (Fsp3) is 0.500. The second kappa shape index (κ2) is 7.40. The lowest BCUT2D eigenvalue weighted by Crippen LogP contribution is -2.38. The van der Waals surface area contributed by atoms with Gasteiger partial charge in [-0.1, -0.05) is 0 Å². The van der Waals surface area contributed by atoms with E-state index < -0.39 is 50.3 Å². The largest absolute Gasteiger partial charge is 0.493 e. The summed E-state index contributed by atoms with van der Waals surface area (Å²) < 4.78 is 57.1. The number of carbonyl (C=O) groups is 1. The van der Waals surface area contributed by atoms with Crippen LogP contribution in [0.25, 0.3) is 0 Å². The van der Waals surface area contributed by atoms with Gasteiger partial charge < -0.3 is 14.4 Å². The SMILES string of the molecule is COc1cc(C(=O)N(C)C2CCS(=O)(=O)C2)c([N+](=O)[O-])cc1OC(F)F. The average molecular weight is 394 g/mol. The summed E-state index contributed by atoms with van der Waals surface area (Å²) in [7, 11) is -0.818. The van der Waals surface area contributed by atoms with Crippen LogP contribution in [-0.2, 0) is 9.84 Å². The van der Waals surface area contributed by atoms with Crippen LogP contribution in [-0.4, -0.2) is 62.5 Å². The van der Waals surface area contributed by atoms with Crippen molar-refractivity contribution in [2.24, 2.45) is 0 Å². The fourth-order valence-electron chi connectivity index (χ4n) is 2.66. The number of carbonyl (C=O) groups excluding carboxylic acids is 1. The number of rotatable bonds is 6. The standard InChI is InChI=1S/C14H16F2N2O7S/c1-17(8-3-4-26(22,23)7-8)13(19)9-5-11(24-2)12(25-14(15)16)6-10(9)18(20)21/h5-6,8,14H,3-4,7H2,1-2H3. The first-order valence-electron chi connectivity index (χ1n) is 7.34. The number of amides is 1. The second-order valence-electron chi connectivity index (χ2n) is 5.63. The van der Waals surface area contributed by atoms with Crippen molar-refractivity contribution < 1.29 is 36.4 Å². The number of nitro benzene ring substituents is 1. The summed E-state index contributed by atoms with van der Waals surface area (Å²) in [6.45, 7) is -3.24. The molecule has 1 aromatic carbocycles. The fourth-order valence-corrected chi connectivity index (χ4v) is 4.43. The maximum absolute atomic E-state index is 12.7. The van der Waals surface area contributed by atoms with Crippen LogP contribution in [0.2, 0.25) is 0 Å². The van der Waals surface area contributed by atoms with Gasteiger partial charge in [-0.25, -0.2) is 8.42 Å². The van der Waals surface area contributed by atoms with Crippen molar-refractivity contribution in [2.45, 2.75) is 19.1 Å². The lowest BCUT2D eigenvalue weighted by atomic mass is 10.1. The van der Waals surface area contributed by atoms with Gasteiger partial charge in [0.2, 0.25) is 0 Å². The van der Waals surface area contributed by atoms with Crippen LogP contribution in [0.1, 0.15) is 16.8 Å². The molecule has 2 rings (SSSR count). The highest BCUT2D eigenvalue weighted by Crippen LogP contribution is 2.36. The van der Waals surface area contributed by atoms with Crippen molar-refractivity contribution in [3.8, 4) is 11.5 Å². The first-order chi connectivity index (χ1) is 12.1. The topological polar surface area (TPSA) is 116 Å². The van der Waals surface area contributed by atoms with Crippen LogP contribution >= 0.6 is 0 Å². The van der Waals surface area contributed by atoms with Crippen LogP contribution in [0, 0.1) is 10.1 Å². The minimum absolute atomic E-state index is 0.0815. The molecular formula is C14H16F2N2O7S. The van der Waals surface area contributed by atoms with E-state index in [1.165, 1.54) is 7.05 Å². The van der Waals surface area contributed by atoms with E-state index in [4.69, 9.17) is 4.74 Å². The summed E-state index contributed by atoms with van der Waals surface area (Å²) in [5.41, 5.74) is -1.17. The summed E-state index contributed by atoms with van der Waals surface area (Å²) in [4.78, 5) is 24.1. The lowest BCUT2D eigenvalue weighted by molar-refractivity contribution is -0.385. The van der Waals surface area contributed by atoms with Crippen molar-refractivity contribution in [1.82, 2.24) is 4.90 Å². The number of halogens is 2. The monoisotopic (exact) mass is 394 g/mol. The summed E-state index contributed by atoms with van der Waals surface area (Å²) >= 11 is 0. The molecule has 1 unspecified atom stereocenters. The number of ether oxygens (including phenoxy) is 2. The van der Waals surface area contributed by atoms with Gasteiger partial charge in [0, 0.05) is 19.2 Å². The Balaban J connectivity index is 2.43. The molecule has 1 aromatic rings. The maximum Gasteiger partial charge on any atom is 0.387 e. The van der Waals surface area contributed by atoms with Gasteiger partial charge in [-0.15, -0.1) is 0 Å². The van der Waals surface area contributed by atoms with Gasteiger partial charge in [-0.05, 0) is 6.42 Å². The van der Waals surface area contributed by atoms with E-state index in [0.29, 0.717) is 6.07 Å². The molecule has 0 saturated carbocycles. The normalized spacial score (nSPS) is 18.6. The third-order valence-corrected chi connectivity index (χ3v) is 5.75. The number of nitro groups is 1. The molecule has 1 aliphatic rings. The predicted molar refractivity (Wildman–Crippen MR) is 85.4 cm³/mol. The zero-order valence-electron chi connectivity index (χ0n) is 13.8. The summed E-state index contributed by atoms with van der Waals surface area (Å²) in [6.07, 6.45) is 0.210. The van der Waals surface area contributed by atoms with E-state index in [1.807, 2.05) is 0 Å². The Bertz CT molecular complexity index is 829. The Labute approximate surface area is 147 Å². The molecule has 0 spiro atoms. The summed E-state index contributed by atoms with van der Waals surface area (Å²) in [5, 5.41) is 11.3. The molecule has 1 heterocycles. The van der Waals surface area contributed by atoms with E-state index >= 15 is 0 Å². The second-order valence-corrected chi connectivity index (χ2v) is 7.86. The molecule has 12 heteroatoms. The van der Waals surface area contributed by atoms with Gasteiger partial charge in [0.1, 0.15) is 5.56 Å². The average Bonchev–Trinajstić information content (AvgIpc) is 2.92. The summed E-state index contributed by atoms with van der Waals surface area (Å²) in [5.74, 6) is -2.02. The number of nitrogens with zero attached hydrogens (tertiary/aromatic N) is 2. The van der Waals surface area contributed by atoms with Crippen molar-refractivity contribution in [2.75, 3.05) is 25.7 Å². The highest BCUT2D eigenvalue weighted by Gasteiger charge is 2.35. The van der Waals surface area contributed by atoms with Gasteiger partial charge in [-0.2, -0.15) is 8.78 Å². The Morgan fingerprint density at radius 1 is 1.38 bits per heavy atom. The summed E-state index contributed by atoms with van der Waals surface area (Å²) in [6, 6.07) is 0.977. The first-order valence-corrected chi connectivity index (χ1v) is 9.16. The molecule has 1 aliphatic heterocycles. The molecule has 26 heavy (non-hydrogen) atoms. The van der Waals surface area contributed by atoms with Gasteiger partial charge in [0.25, 0.3) is 11.6 Å². The van der Waals surface area contributed by atoms with E-state index in [0.717, 1.165) is 18.1 Å². The van der Waals surface area contributed by atoms with Crippen molar-refractivity contribution in [1.29, 1.82) is 0 Å². The van der Waals surface area contributed by atoms with Crippen LogP contribution in [0.5, 0.6) is 11.5 Å². The van der Waals surface area contributed by atoms with Crippen LogP contribution in [0.3, 0.4) is 0 Å². The zero-order chi connectivity index (χ0) is 19.6. The molecule has 0 aromatic heterocycles. The molecule has 1 saturated heterocycles. The highest BCUT2D eigenvalue weighted by molar-refractivity contribution is 7.91. The maximum atomic E-state index is 12.7. The predicted octanol–water partition coefficient (Wildman–Crippen LogP) is 1.46. The van der Waals surface area contributed by atoms with Crippen LogP contribution < -0.4 is 9.47 Å². The van der Waals surface area contributed by atoms with Crippen molar-refractivity contribution >= 4 is 21.4 Å². The lowest BCUT2D eigenvalue weighted by Gasteiger charge is -2.23. The van der Waals surface area contributed by atoms with E-state index in [1.54, 1.807) is 0 Å². The van der Waals surface area contributed by atoms with E-state index in [9.17, 15) is 32.1 Å². The molecule has 144 valence electrons. The third kappa shape index (κ3) is 4.18. The quantitative estimate of drug-likeness (QED) is 0.530. The van der Waals surface area contributed by atoms with E-state index in [2.05, 4.69) is 4.74 Å². The van der Waals surface area contributed by atoms with Gasteiger partial charge in [-0.3, -0.25) is 14.9 Å². The molecule has 0 radical (unpaired) electrons. The Hall–Kier alpha value is -2.50. The number of methoxy groups -OCH3 is 1. The first kappa shape index (κ1) is 19.8. The minimum Gasteiger partial charge on any atom is -0.493 e. The number of sulfone groups is 1. The molecule has 0 N–H and O–H groups in total.